The van der Waals surface area contributed by atoms with E-state index in [1.807, 2.05) is 13.0 Å². The number of nitrogens with one attached hydrogen (secondary N) is 1. The molecule has 0 aliphatic carbocycles. The van der Waals surface area contributed by atoms with Gasteiger partial charge < -0.3 is 5.73 Å². The van der Waals surface area contributed by atoms with Gasteiger partial charge in [-0.25, -0.2) is 0 Å². The third kappa shape index (κ3) is 1.59. The molecule has 2 aromatic rings. The van der Waals surface area contributed by atoms with Crippen molar-refractivity contribution in [2.24, 2.45) is 5.73 Å². The van der Waals surface area contributed by atoms with Crippen molar-refractivity contribution in [1.82, 2.24) is 15.2 Å². The number of aryl methyl sites for hydroxylation is 1. The Labute approximate surface area is 86.3 Å². The molecule has 0 radical (unpaired) electrons. The fraction of sp³-hybridized carbons (Fsp3) is 0.100. The van der Waals surface area contributed by atoms with Crippen LogP contribution in [0.1, 0.15) is 16.1 Å². The van der Waals surface area contributed by atoms with E-state index < -0.39 is 5.91 Å². The number of nitrogens with zero attached hydrogens (tertiary/aromatic N) is 2. The van der Waals surface area contributed by atoms with E-state index in [-0.39, 0.29) is 5.69 Å². The van der Waals surface area contributed by atoms with E-state index in [4.69, 9.17) is 5.73 Å². The van der Waals surface area contributed by atoms with Crippen molar-refractivity contribution >= 4 is 5.91 Å². The fourth-order valence-corrected chi connectivity index (χ4v) is 1.47. The van der Waals surface area contributed by atoms with Gasteiger partial charge in [-0.3, -0.25) is 14.9 Å². The zero-order valence-corrected chi connectivity index (χ0v) is 8.19. The molecule has 1 amide bonds. The summed E-state index contributed by atoms with van der Waals surface area (Å²) >= 11 is 0. The van der Waals surface area contributed by atoms with Gasteiger partial charge in [0.2, 0.25) is 0 Å². The molecule has 0 aromatic carbocycles. The molecule has 0 aliphatic rings. The van der Waals surface area contributed by atoms with Crippen LogP contribution in [0.5, 0.6) is 0 Å². The van der Waals surface area contributed by atoms with Crippen molar-refractivity contribution in [3.63, 3.8) is 0 Å². The zero-order chi connectivity index (χ0) is 10.8. The molecule has 0 unspecified atom stereocenters. The monoisotopic (exact) mass is 202 g/mol. The van der Waals surface area contributed by atoms with E-state index in [0.717, 1.165) is 5.56 Å². The van der Waals surface area contributed by atoms with Gasteiger partial charge in [-0.15, -0.1) is 0 Å². The second kappa shape index (κ2) is 3.53. The number of H-pyrrole nitrogens is 1. The van der Waals surface area contributed by atoms with Gasteiger partial charge in [0, 0.05) is 18.0 Å². The first-order chi connectivity index (χ1) is 7.20. The Morgan fingerprint density at radius 2 is 2.27 bits per heavy atom. The number of rotatable bonds is 2. The van der Waals surface area contributed by atoms with E-state index >= 15 is 0 Å². The highest BCUT2D eigenvalue weighted by atomic mass is 16.1. The minimum absolute atomic E-state index is 0.252. The molecule has 0 aliphatic heterocycles. The summed E-state index contributed by atoms with van der Waals surface area (Å²) in [6, 6.07) is 3.59. The molecule has 3 N–H and O–H groups in total. The summed E-state index contributed by atoms with van der Waals surface area (Å²) in [5.41, 5.74) is 7.79. The van der Waals surface area contributed by atoms with E-state index in [9.17, 15) is 4.79 Å². The molecule has 5 heteroatoms. The standard InChI is InChI=1S/C10H10N4O/c1-6-2-4-12-9(10(11)15)8(6)7-3-5-13-14-7/h2-5H,1H3,(H2,11,15)(H,13,14). The van der Waals surface area contributed by atoms with Gasteiger partial charge >= 0.3 is 0 Å². The van der Waals surface area contributed by atoms with Crippen LogP contribution in [-0.4, -0.2) is 21.1 Å². The van der Waals surface area contributed by atoms with Gasteiger partial charge in [0.05, 0.1) is 5.69 Å². The minimum Gasteiger partial charge on any atom is -0.364 e. The van der Waals surface area contributed by atoms with E-state index in [0.29, 0.717) is 11.3 Å². The first kappa shape index (κ1) is 9.39. The predicted octanol–water partition coefficient (Wildman–Crippen LogP) is 0.879. The molecule has 5 nitrogen and oxygen atoms in total. The zero-order valence-electron chi connectivity index (χ0n) is 8.19. The van der Waals surface area contributed by atoms with Crippen molar-refractivity contribution < 1.29 is 4.79 Å². The summed E-state index contributed by atoms with van der Waals surface area (Å²) in [5, 5.41) is 6.71. The highest BCUT2D eigenvalue weighted by molar-refractivity contribution is 5.98. The molecule has 0 spiro atoms. The maximum Gasteiger partial charge on any atom is 0.268 e. The quantitative estimate of drug-likeness (QED) is 0.758. The molecule has 15 heavy (non-hydrogen) atoms. The minimum atomic E-state index is -0.545. The lowest BCUT2D eigenvalue weighted by Crippen LogP contribution is -2.15. The van der Waals surface area contributed by atoms with Crippen LogP contribution in [0, 0.1) is 6.92 Å². The fourth-order valence-electron chi connectivity index (χ4n) is 1.47. The van der Waals surface area contributed by atoms with Crippen molar-refractivity contribution in [3.05, 3.63) is 35.8 Å². The Morgan fingerprint density at radius 3 is 2.87 bits per heavy atom. The third-order valence-corrected chi connectivity index (χ3v) is 2.15. The highest BCUT2D eigenvalue weighted by Crippen LogP contribution is 2.23. The average molecular weight is 202 g/mol. The first-order valence-corrected chi connectivity index (χ1v) is 4.45. The van der Waals surface area contributed by atoms with Crippen molar-refractivity contribution in [2.45, 2.75) is 6.92 Å². The first-order valence-electron chi connectivity index (χ1n) is 4.45. The van der Waals surface area contributed by atoms with Crippen molar-refractivity contribution in [3.8, 4) is 11.3 Å². The smallest absolute Gasteiger partial charge is 0.268 e. The number of carbonyl (C=O) groups excluding carboxylic acids is 1. The van der Waals surface area contributed by atoms with Crippen LogP contribution in [0.2, 0.25) is 0 Å². The van der Waals surface area contributed by atoms with Gasteiger partial charge in [-0.2, -0.15) is 5.10 Å². The number of aromatic nitrogens is 3. The normalized spacial score (nSPS) is 10.2. The Kier molecular flexibility index (Phi) is 2.21. The maximum absolute atomic E-state index is 11.2. The topological polar surface area (TPSA) is 84.7 Å². The summed E-state index contributed by atoms with van der Waals surface area (Å²) in [5.74, 6) is -0.545. The molecule has 2 heterocycles. The van der Waals surface area contributed by atoms with Gasteiger partial charge in [-0.05, 0) is 24.6 Å². The lowest BCUT2D eigenvalue weighted by Gasteiger charge is -2.05. The van der Waals surface area contributed by atoms with Gasteiger partial charge in [-0.1, -0.05) is 0 Å². The van der Waals surface area contributed by atoms with Crippen LogP contribution in [0.15, 0.2) is 24.5 Å². The molecular weight excluding hydrogens is 192 g/mol. The lowest BCUT2D eigenvalue weighted by molar-refractivity contribution is 0.0996. The highest BCUT2D eigenvalue weighted by Gasteiger charge is 2.14. The molecule has 76 valence electrons. The molecule has 2 aromatic heterocycles. The Balaban J connectivity index is 2.68. The number of hydrogen-bond acceptors (Lipinski definition) is 3. The summed E-state index contributed by atoms with van der Waals surface area (Å²) < 4.78 is 0. The summed E-state index contributed by atoms with van der Waals surface area (Å²) in [6.45, 7) is 1.89. The molecule has 0 saturated heterocycles. The number of primary amides is 1. The lowest BCUT2D eigenvalue weighted by atomic mass is 10.0. The molecule has 2 rings (SSSR count). The Bertz CT molecular complexity index is 490. The van der Waals surface area contributed by atoms with Crippen molar-refractivity contribution in [2.75, 3.05) is 0 Å². The molecule has 0 saturated carbocycles. The second-order valence-electron chi connectivity index (χ2n) is 3.18. The van der Waals surface area contributed by atoms with Crippen LogP contribution < -0.4 is 5.73 Å². The van der Waals surface area contributed by atoms with Crippen LogP contribution in [0.25, 0.3) is 11.3 Å². The van der Waals surface area contributed by atoms with E-state index in [1.54, 1.807) is 18.5 Å². The molecule has 0 atom stereocenters. The number of pyridine rings is 1. The van der Waals surface area contributed by atoms with Gasteiger partial charge in [0.25, 0.3) is 5.91 Å². The number of amides is 1. The number of aromatic amines is 1. The average Bonchev–Trinajstić information content (AvgIpc) is 2.70. The summed E-state index contributed by atoms with van der Waals surface area (Å²) in [4.78, 5) is 15.2. The van der Waals surface area contributed by atoms with Gasteiger partial charge in [0.1, 0.15) is 5.69 Å². The molecule has 0 fully saturated rings. The molecular formula is C10H10N4O. The predicted molar refractivity (Wildman–Crippen MR) is 55.1 cm³/mol. The Morgan fingerprint density at radius 1 is 1.47 bits per heavy atom. The Hall–Kier alpha value is -2.17. The SMILES string of the molecule is Cc1ccnc(C(N)=O)c1-c1cc[nH]n1. The third-order valence-electron chi connectivity index (χ3n) is 2.15. The second-order valence-corrected chi connectivity index (χ2v) is 3.18. The largest absolute Gasteiger partial charge is 0.364 e. The van der Waals surface area contributed by atoms with Crippen molar-refractivity contribution in [1.29, 1.82) is 0 Å². The number of nitrogens with two attached hydrogens (primary N) is 1. The number of hydrogen-bond donors (Lipinski definition) is 2. The summed E-state index contributed by atoms with van der Waals surface area (Å²) in [6.07, 6.45) is 3.25. The van der Waals surface area contributed by atoms with Gasteiger partial charge in [0.15, 0.2) is 0 Å². The molecule has 0 bridgehead atoms. The van der Waals surface area contributed by atoms with Crippen LogP contribution in [0.3, 0.4) is 0 Å². The van der Waals surface area contributed by atoms with E-state index in [2.05, 4.69) is 15.2 Å². The van der Waals surface area contributed by atoms with Crippen LogP contribution in [0.4, 0.5) is 0 Å². The van der Waals surface area contributed by atoms with Crippen LogP contribution >= 0.6 is 0 Å². The number of carbonyl (C=O) groups is 1. The maximum atomic E-state index is 11.2. The van der Waals surface area contributed by atoms with Crippen LogP contribution in [-0.2, 0) is 0 Å². The summed E-state index contributed by atoms with van der Waals surface area (Å²) in [7, 11) is 0. The van der Waals surface area contributed by atoms with E-state index in [1.165, 1.54) is 0 Å².